The first-order chi connectivity index (χ1) is 11.4. The predicted octanol–water partition coefficient (Wildman–Crippen LogP) is 2.26. The third-order valence-corrected chi connectivity index (χ3v) is 6.21. The topological polar surface area (TPSA) is 79.0 Å². The summed E-state index contributed by atoms with van der Waals surface area (Å²) < 4.78 is 37.3. The van der Waals surface area contributed by atoms with Crippen molar-refractivity contribution in [3.63, 3.8) is 0 Å². The maximum Gasteiger partial charge on any atom is 0.152 e. The minimum atomic E-state index is -3.10. The molecular formula is C16H17FN4O2S. The normalized spacial score (nSPS) is 19.2. The highest BCUT2D eigenvalue weighted by molar-refractivity contribution is 7.91. The van der Waals surface area contributed by atoms with E-state index >= 15 is 0 Å². The van der Waals surface area contributed by atoms with E-state index in [-0.39, 0.29) is 11.1 Å². The molecule has 0 unspecified atom stereocenters. The molecule has 1 atom stereocenters. The van der Waals surface area contributed by atoms with E-state index in [2.05, 4.69) is 15.0 Å². The highest BCUT2D eigenvalue weighted by Gasteiger charge is 2.29. The average Bonchev–Trinajstić information content (AvgIpc) is 2.91. The van der Waals surface area contributed by atoms with Gasteiger partial charge in [-0.2, -0.15) is 0 Å². The lowest BCUT2D eigenvalue weighted by molar-refractivity contribution is 0.534. The number of aromatic nitrogens is 3. The Bertz CT molecular complexity index is 1030. The van der Waals surface area contributed by atoms with E-state index in [4.69, 9.17) is 0 Å². The van der Waals surface area contributed by atoms with Crippen LogP contribution < -0.4 is 4.90 Å². The van der Waals surface area contributed by atoms with Crippen molar-refractivity contribution in [2.45, 2.75) is 18.1 Å². The third kappa shape index (κ3) is 2.50. The smallest absolute Gasteiger partial charge is 0.152 e. The van der Waals surface area contributed by atoms with Crippen molar-refractivity contribution in [2.24, 2.45) is 0 Å². The predicted molar refractivity (Wildman–Crippen MR) is 91.4 cm³/mol. The molecule has 126 valence electrons. The van der Waals surface area contributed by atoms with Crippen LogP contribution in [0.25, 0.3) is 21.9 Å². The summed E-state index contributed by atoms with van der Waals surface area (Å²) in [5, 5.41) is 1.25. The van der Waals surface area contributed by atoms with Crippen molar-refractivity contribution >= 4 is 37.6 Å². The second-order valence-electron chi connectivity index (χ2n) is 6.28. The molecule has 1 saturated heterocycles. The molecule has 1 aliphatic heterocycles. The van der Waals surface area contributed by atoms with Crippen molar-refractivity contribution < 1.29 is 12.8 Å². The molecule has 1 aliphatic rings. The van der Waals surface area contributed by atoms with Gasteiger partial charge in [-0.3, -0.25) is 0 Å². The molecule has 0 radical (unpaired) electrons. The van der Waals surface area contributed by atoms with Gasteiger partial charge in [0.1, 0.15) is 23.6 Å². The fourth-order valence-corrected chi connectivity index (χ4v) is 4.45. The fraction of sp³-hybridized carbons (Fsp3) is 0.375. The van der Waals surface area contributed by atoms with Gasteiger partial charge in [0.15, 0.2) is 9.84 Å². The molecule has 0 aliphatic carbocycles. The molecule has 1 fully saturated rings. The number of rotatable bonds is 2. The Morgan fingerprint density at radius 1 is 1.33 bits per heavy atom. The number of anilines is 1. The first-order valence-corrected chi connectivity index (χ1v) is 9.75. The van der Waals surface area contributed by atoms with Gasteiger partial charge >= 0.3 is 0 Å². The van der Waals surface area contributed by atoms with E-state index in [9.17, 15) is 12.8 Å². The van der Waals surface area contributed by atoms with E-state index in [0.29, 0.717) is 29.9 Å². The summed E-state index contributed by atoms with van der Waals surface area (Å²) >= 11 is 0. The van der Waals surface area contributed by atoms with Crippen molar-refractivity contribution in [1.29, 1.82) is 0 Å². The first kappa shape index (κ1) is 15.3. The van der Waals surface area contributed by atoms with E-state index in [0.717, 1.165) is 23.7 Å². The molecule has 0 spiro atoms. The standard InChI is InChI=1S/C16H17FN4O2S/c1-24(22,23)11-3-2-6-21(8-11)16-14-12-5-4-10(17)7-13(12)20-15(14)18-9-19-16/h4-5,7,9,11H,2-3,6,8H2,1H3,(H,18,19,20)/t11-/m1/s1. The second-order valence-corrected chi connectivity index (χ2v) is 8.60. The maximum atomic E-state index is 13.5. The van der Waals surface area contributed by atoms with Crippen LogP contribution in [0.3, 0.4) is 0 Å². The number of aromatic amines is 1. The highest BCUT2D eigenvalue weighted by atomic mass is 32.2. The number of H-pyrrole nitrogens is 1. The monoisotopic (exact) mass is 348 g/mol. The van der Waals surface area contributed by atoms with Crippen molar-refractivity contribution in [1.82, 2.24) is 15.0 Å². The van der Waals surface area contributed by atoms with Crippen LogP contribution in [0.5, 0.6) is 0 Å². The molecule has 3 aromatic rings. The summed E-state index contributed by atoms with van der Waals surface area (Å²) in [7, 11) is -3.10. The van der Waals surface area contributed by atoms with Crippen molar-refractivity contribution in [2.75, 3.05) is 24.2 Å². The van der Waals surface area contributed by atoms with Gasteiger partial charge in [0.2, 0.25) is 0 Å². The number of fused-ring (bicyclic) bond motifs is 3. The van der Waals surface area contributed by atoms with Crippen LogP contribution in [0.15, 0.2) is 24.5 Å². The Morgan fingerprint density at radius 3 is 2.96 bits per heavy atom. The zero-order valence-corrected chi connectivity index (χ0v) is 14.0. The van der Waals surface area contributed by atoms with Gasteiger partial charge in [0.05, 0.1) is 16.2 Å². The summed E-state index contributed by atoms with van der Waals surface area (Å²) in [4.78, 5) is 13.7. The fourth-order valence-electron chi connectivity index (χ4n) is 3.40. The molecule has 8 heteroatoms. The zero-order valence-electron chi connectivity index (χ0n) is 13.2. The zero-order chi connectivity index (χ0) is 16.9. The van der Waals surface area contributed by atoms with Crippen LogP contribution in [0.1, 0.15) is 12.8 Å². The van der Waals surface area contributed by atoms with E-state index in [1.165, 1.54) is 24.7 Å². The molecule has 0 bridgehead atoms. The molecule has 0 amide bonds. The first-order valence-electron chi connectivity index (χ1n) is 7.79. The van der Waals surface area contributed by atoms with Crippen molar-refractivity contribution in [3.8, 4) is 0 Å². The molecule has 1 N–H and O–H groups in total. The van der Waals surface area contributed by atoms with E-state index in [1.54, 1.807) is 6.07 Å². The number of halogens is 1. The van der Waals surface area contributed by atoms with Gasteiger partial charge in [0.25, 0.3) is 0 Å². The lowest BCUT2D eigenvalue weighted by atomic mass is 10.1. The Balaban J connectivity index is 1.86. The number of nitrogens with zero attached hydrogens (tertiary/aromatic N) is 3. The van der Waals surface area contributed by atoms with Crippen LogP contribution in [0.2, 0.25) is 0 Å². The number of piperidine rings is 1. The SMILES string of the molecule is CS(=O)(=O)[C@@H]1CCCN(c2ncnc3[nH]c4cc(F)ccc4c23)C1. The quantitative estimate of drug-likeness (QED) is 0.768. The maximum absolute atomic E-state index is 13.5. The summed E-state index contributed by atoms with van der Waals surface area (Å²) in [6, 6.07) is 4.53. The number of hydrogen-bond acceptors (Lipinski definition) is 5. The lowest BCUT2D eigenvalue weighted by Crippen LogP contribution is -2.42. The second kappa shape index (κ2) is 5.41. The van der Waals surface area contributed by atoms with Gasteiger partial charge in [-0.1, -0.05) is 0 Å². The van der Waals surface area contributed by atoms with Gasteiger partial charge in [0, 0.05) is 24.7 Å². The molecule has 4 rings (SSSR count). The Labute approximate surface area is 138 Å². The number of sulfone groups is 1. The van der Waals surface area contributed by atoms with Crippen molar-refractivity contribution in [3.05, 3.63) is 30.3 Å². The minimum absolute atomic E-state index is 0.321. The van der Waals surface area contributed by atoms with Gasteiger partial charge in [-0.15, -0.1) is 0 Å². The molecule has 1 aromatic carbocycles. The van der Waals surface area contributed by atoms with E-state index in [1.807, 2.05) is 4.90 Å². The van der Waals surface area contributed by atoms with Gasteiger partial charge in [-0.05, 0) is 31.0 Å². The molecule has 6 nitrogen and oxygen atoms in total. The molecule has 2 aromatic heterocycles. The Hall–Kier alpha value is -2.22. The molecule has 0 saturated carbocycles. The third-order valence-electron chi connectivity index (χ3n) is 4.61. The number of benzene rings is 1. The number of nitrogens with one attached hydrogen (secondary N) is 1. The molecular weight excluding hydrogens is 331 g/mol. The van der Waals surface area contributed by atoms with Crippen LogP contribution in [-0.4, -0.2) is 48.0 Å². The van der Waals surface area contributed by atoms with Crippen LogP contribution in [-0.2, 0) is 9.84 Å². The van der Waals surface area contributed by atoms with Crippen LogP contribution >= 0.6 is 0 Å². The summed E-state index contributed by atoms with van der Waals surface area (Å²) in [6.45, 7) is 1.16. The average molecular weight is 348 g/mol. The summed E-state index contributed by atoms with van der Waals surface area (Å²) in [5.74, 6) is 0.380. The van der Waals surface area contributed by atoms with E-state index < -0.39 is 9.84 Å². The minimum Gasteiger partial charge on any atom is -0.355 e. The lowest BCUT2D eigenvalue weighted by Gasteiger charge is -2.32. The Morgan fingerprint density at radius 2 is 2.17 bits per heavy atom. The highest BCUT2D eigenvalue weighted by Crippen LogP contribution is 2.33. The summed E-state index contributed by atoms with van der Waals surface area (Å²) in [5.41, 5.74) is 1.28. The van der Waals surface area contributed by atoms with Crippen LogP contribution in [0.4, 0.5) is 10.2 Å². The number of hydrogen-bond donors (Lipinski definition) is 1. The molecule has 24 heavy (non-hydrogen) atoms. The van der Waals surface area contributed by atoms with Gasteiger partial charge in [-0.25, -0.2) is 22.8 Å². The largest absolute Gasteiger partial charge is 0.355 e. The summed E-state index contributed by atoms with van der Waals surface area (Å²) in [6.07, 6.45) is 4.20. The van der Waals surface area contributed by atoms with Crippen LogP contribution in [0, 0.1) is 5.82 Å². The Kier molecular flexibility index (Phi) is 3.45. The molecule has 3 heterocycles. The van der Waals surface area contributed by atoms with Gasteiger partial charge < -0.3 is 9.88 Å².